The van der Waals surface area contributed by atoms with Gasteiger partial charge in [0.1, 0.15) is 12.2 Å². The van der Waals surface area contributed by atoms with Crippen molar-refractivity contribution in [3.63, 3.8) is 0 Å². The van der Waals surface area contributed by atoms with Crippen LogP contribution in [0.15, 0.2) is 48.1 Å². The van der Waals surface area contributed by atoms with Crippen molar-refractivity contribution >= 4 is 5.97 Å². The van der Waals surface area contributed by atoms with E-state index in [0.717, 1.165) is 38.5 Å². The Hall–Kier alpha value is -1.73. The highest BCUT2D eigenvalue weighted by atomic mass is 16.6. The van der Waals surface area contributed by atoms with Crippen LogP contribution >= 0.6 is 0 Å². The summed E-state index contributed by atoms with van der Waals surface area (Å²) < 4.78 is 23.6. The summed E-state index contributed by atoms with van der Waals surface area (Å²) in [6.07, 6.45) is 20.6. The van der Waals surface area contributed by atoms with Crippen LogP contribution in [-0.4, -0.2) is 60.4 Å². The van der Waals surface area contributed by atoms with Crippen molar-refractivity contribution in [2.45, 2.75) is 114 Å². The molecule has 6 heteroatoms. The zero-order valence-electron chi connectivity index (χ0n) is 21.2. The molecular formula is C29H42O6. The van der Waals surface area contributed by atoms with Crippen LogP contribution in [0.3, 0.4) is 0 Å². The molecule has 4 aliphatic heterocycles. The summed E-state index contributed by atoms with van der Waals surface area (Å²) in [4.78, 5) is 12.6. The van der Waals surface area contributed by atoms with Crippen LogP contribution in [0.4, 0.5) is 0 Å². The van der Waals surface area contributed by atoms with Gasteiger partial charge in [-0.25, -0.2) is 4.79 Å². The van der Waals surface area contributed by atoms with E-state index in [4.69, 9.17) is 18.9 Å². The van der Waals surface area contributed by atoms with Crippen molar-refractivity contribution in [3.8, 4) is 0 Å². The smallest absolute Gasteiger partial charge is 0.330 e. The van der Waals surface area contributed by atoms with Gasteiger partial charge in [0.05, 0.1) is 37.1 Å². The second-order valence-electron chi connectivity index (χ2n) is 10.7. The van der Waals surface area contributed by atoms with E-state index < -0.39 is 6.10 Å². The standard InChI is InChI=1S/C29H42O6/c1-20-7-3-13-26(30)29-27(35-29)19-25(12-5-10-23-17-21(2)15-16-32-23)34-28(31)14-6-9-22-8-4-11-24(18-20)33-22/h4-6,8,10,14-15,20,22-27,29-30H,3,7,9,11-13,16-19H2,1-2H3/b10-5+,14-6-/t20-,22-,23+,24-,25+,26-,27-,29-/m0/s1. The molecule has 6 nitrogen and oxygen atoms in total. The van der Waals surface area contributed by atoms with Gasteiger partial charge in [-0.1, -0.05) is 61.8 Å². The van der Waals surface area contributed by atoms with E-state index in [2.05, 4.69) is 38.2 Å². The fourth-order valence-corrected chi connectivity index (χ4v) is 5.34. The average Bonchev–Trinajstić information content (AvgIpc) is 3.58. The lowest BCUT2D eigenvalue weighted by molar-refractivity contribution is -0.143. The minimum atomic E-state index is -0.471. The molecular weight excluding hydrogens is 444 g/mol. The van der Waals surface area contributed by atoms with Crippen LogP contribution in [0.5, 0.6) is 0 Å². The van der Waals surface area contributed by atoms with E-state index in [-0.39, 0.29) is 42.6 Å². The van der Waals surface area contributed by atoms with E-state index in [1.165, 1.54) is 11.6 Å². The molecule has 0 unspecified atom stereocenters. The maximum Gasteiger partial charge on any atom is 0.330 e. The zero-order chi connectivity index (χ0) is 24.6. The molecule has 1 N–H and O–H groups in total. The molecule has 8 atom stereocenters. The van der Waals surface area contributed by atoms with Gasteiger partial charge in [-0.3, -0.25) is 0 Å². The van der Waals surface area contributed by atoms with E-state index >= 15 is 0 Å². The molecule has 1 fully saturated rings. The number of cyclic esters (lactones) is 1. The highest BCUT2D eigenvalue weighted by Crippen LogP contribution is 2.34. The highest BCUT2D eigenvalue weighted by molar-refractivity contribution is 5.82. The van der Waals surface area contributed by atoms with Crippen molar-refractivity contribution < 1.29 is 28.8 Å². The number of carbonyl (C=O) groups is 1. The first-order valence-electron chi connectivity index (χ1n) is 13.4. The lowest BCUT2D eigenvalue weighted by Gasteiger charge is -2.27. The Bertz CT molecular complexity index is 814. The number of rotatable bonds is 3. The van der Waals surface area contributed by atoms with Gasteiger partial charge in [-0.15, -0.1) is 0 Å². The topological polar surface area (TPSA) is 77.5 Å². The summed E-state index contributed by atoms with van der Waals surface area (Å²) in [5, 5.41) is 10.6. The first-order chi connectivity index (χ1) is 17.0. The third kappa shape index (κ3) is 8.71. The summed E-state index contributed by atoms with van der Waals surface area (Å²) in [5.41, 5.74) is 1.33. The highest BCUT2D eigenvalue weighted by Gasteiger charge is 2.45. The second-order valence-corrected chi connectivity index (χ2v) is 10.7. The number of ether oxygens (including phenoxy) is 4. The third-order valence-corrected chi connectivity index (χ3v) is 7.40. The van der Waals surface area contributed by atoms with Gasteiger partial charge in [-0.05, 0) is 44.9 Å². The first-order valence-corrected chi connectivity index (χ1v) is 13.4. The number of carbonyl (C=O) groups excluding carboxylic acids is 1. The molecule has 0 spiro atoms. The SMILES string of the molecule is CC1=CCO[C@H](/C=C/C[C@@H]2C[C@@H]3O[C@H]3[C@@H](O)CCC[C@H](C)C[C@@H]3CC=C[C@@H](C/C=C\C(=O)O2)O3)C1. The monoisotopic (exact) mass is 486 g/mol. The van der Waals surface area contributed by atoms with Crippen molar-refractivity contribution in [1.29, 1.82) is 0 Å². The molecule has 0 aromatic heterocycles. The van der Waals surface area contributed by atoms with Crippen LogP contribution in [-0.2, 0) is 23.7 Å². The summed E-state index contributed by atoms with van der Waals surface area (Å²) in [6.45, 7) is 5.02. The van der Waals surface area contributed by atoms with Crippen molar-refractivity contribution in [2.24, 2.45) is 5.92 Å². The molecule has 4 heterocycles. The van der Waals surface area contributed by atoms with Crippen LogP contribution in [0.2, 0.25) is 0 Å². The normalized spacial score (nSPS) is 40.2. The lowest BCUT2D eigenvalue weighted by Crippen LogP contribution is -2.26. The average molecular weight is 487 g/mol. The molecule has 1 saturated heterocycles. The molecule has 0 aromatic carbocycles. The van der Waals surface area contributed by atoms with Gasteiger partial charge < -0.3 is 24.1 Å². The number of hydrogen-bond acceptors (Lipinski definition) is 6. The molecule has 194 valence electrons. The van der Waals surface area contributed by atoms with Crippen LogP contribution in [0.25, 0.3) is 0 Å². The van der Waals surface area contributed by atoms with Crippen molar-refractivity contribution in [2.75, 3.05) is 6.61 Å². The fraction of sp³-hybridized carbons (Fsp3) is 0.690. The second kappa shape index (κ2) is 13.0. The Balaban J connectivity index is 1.37. The maximum absolute atomic E-state index is 12.6. The number of aliphatic hydroxyl groups is 1. The van der Waals surface area contributed by atoms with Crippen molar-refractivity contribution in [1.82, 2.24) is 0 Å². The van der Waals surface area contributed by atoms with Crippen molar-refractivity contribution in [3.05, 3.63) is 48.1 Å². The predicted molar refractivity (Wildman–Crippen MR) is 135 cm³/mol. The summed E-state index contributed by atoms with van der Waals surface area (Å²) in [7, 11) is 0. The molecule has 4 aliphatic rings. The number of aliphatic hydroxyl groups excluding tert-OH is 1. The van der Waals surface area contributed by atoms with Crippen LogP contribution in [0, 0.1) is 5.92 Å². The molecule has 0 saturated carbocycles. The number of esters is 1. The molecule has 0 aromatic rings. The molecule has 35 heavy (non-hydrogen) atoms. The minimum absolute atomic E-state index is 0.00180. The zero-order valence-corrected chi connectivity index (χ0v) is 21.2. The predicted octanol–water partition coefficient (Wildman–Crippen LogP) is 4.97. The summed E-state index contributed by atoms with van der Waals surface area (Å²) >= 11 is 0. The van der Waals surface area contributed by atoms with E-state index in [1.807, 2.05) is 12.2 Å². The Labute approximate surface area is 210 Å². The van der Waals surface area contributed by atoms with Gasteiger partial charge in [-0.2, -0.15) is 0 Å². The van der Waals surface area contributed by atoms with Gasteiger partial charge in [0, 0.05) is 18.9 Å². The molecule has 0 amide bonds. The Kier molecular flexibility index (Phi) is 9.78. The molecule has 0 radical (unpaired) electrons. The summed E-state index contributed by atoms with van der Waals surface area (Å²) in [6, 6.07) is 0. The third-order valence-electron chi connectivity index (χ3n) is 7.40. The Morgan fingerprint density at radius 2 is 2.03 bits per heavy atom. The largest absolute Gasteiger partial charge is 0.459 e. The Morgan fingerprint density at radius 3 is 2.89 bits per heavy atom. The fourth-order valence-electron chi connectivity index (χ4n) is 5.34. The van der Waals surface area contributed by atoms with Crippen LogP contribution in [0.1, 0.15) is 71.6 Å². The number of epoxide rings is 1. The number of fused-ring (bicyclic) bond motifs is 3. The summed E-state index contributed by atoms with van der Waals surface area (Å²) in [5.74, 6) is 0.197. The maximum atomic E-state index is 12.6. The molecule has 4 rings (SSSR count). The first kappa shape index (κ1) is 26.3. The van der Waals surface area contributed by atoms with E-state index in [1.54, 1.807) is 0 Å². The minimum Gasteiger partial charge on any atom is -0.459 e. The Morgan fingerprint density at radius 1 is 1.14 bits per heavy atom. The van der Waals surface area contributed by atoms with E-state index in [9.17, 15) is 9.90 Å². The quantitative estimate of drug-likeness (QED) is 0.345. The van der Waals surface area contributed by atoms with E-state index in [0.29, 0.717) is 31.8 Å². The van der Waals surface area contributed by atoms with Gasteiger partial charge in [0.2, 0.25) is 0 Å². The molecule has 0 aliphatic carbocycles. The van der Waals surface area contributed by atoms with Crippen LogP contribution < -0.4 is 0 Å². The van der Waals surface area contributed by atoms with Gasteiger partial charge in [0.25, 0.3) is 0 Å². The number of hydrogen-bond donors (Lipinski definition) is 1. The lowest BCUT2D eigenvalue weighted by atomic mass is 9.93. The molecule has 2 bridgehead atoms. The van der Waals surface area contributed by atoms with Gasteiger partial charge >= 0.3 is 5.97 Å². The van der Waals surface area contributed by atoms with Gasteiger partial charge in [0.15, 0.2) is 0 Å².